The molecule has 2 aliphatic heterocycles. The molecule has 2 saturated heterocycles. The van der Waals surface area contributed by atoms with Gasteiger partial charge in [-0.05, 0) is 24.5 Å². The van der Waals surface area contributed by atoms with Crippen LogP contribution in [0.2, 0.25) is 0 Å². The first-order valence-corrected chi connectivity index (χ1v) is 12.9. The lowest BCUT2D eigenvalue weighted by molar-refractivity contribution is 0.0387. The molecule has 202 valence electrons. The molecule has 0 spiro atoms. The summed E-state index contributed by atoms with van der Waals surface area (Å²) in [6.07, 6.45) is 2.72. The van der Waals surface area contributed by atoms with Crippen molar-refractivity contribution in [1.29, 1.82) is 0 Å². The molecule has 5 heterocycles. The fourth-order valence-electron chi connectivity index (χ4n) is 5.40. The van der Waals surface area contributed by atoms with Crippen molar-refractivity contribution >= 4 is 16.8 Å². The molecule has 0 bridgehead atoms. The number of methoxy groups -OCH3 is 1. The highest BCUT2D eigenvalue weighted by atomic mass is 16.5. The highest BCUT2D eigenvalue weighted by Gasteiger charge is 2.35. The highest BCUT2D eigenvalue weighted by molar-refractivity contribution is 5.92. The van der Waals surface area contributed by atoms with E-state index in [0.29, 0.717) is 43.0 Å². The molecule has 0 radical (unpaired) electrons. The predicted octanol–water partition coefficient (Wildman–Crippen LogP) is 1.55. The van der Waals surface area contributed by atoms with Crippen LogP contribution in [0.15, 0.2) is 52.2 Å². The molecule has 0 saturated carbocycles. The van der Waals surface area contributed by atoms with Crippen molar-refractivity contribution in [3.8, 4) is 17.1 Å². The number of pyridine rings is 1. The van der Waals surface area contributed by atoms with E-state index in [1.807, 2.05) is 30.3 Å². The quantitative estimate of drug-likeness (QED) is 0.339. The first-order valence-electron chi connectivity index (χ1n) is 12.9. The molecule has 1 aromatic carbocycles. The van der Waals surface area contributed by atoms with Crippen LogP contribution in [-0.2, 0) is 4.74 Å². The number of hydrogen-bond donors (Lipinski definition) is 3. The number of para-hydroxylation sites is 1. The van der Waals surface area contributed by atoms with Crippen LogP contribution in [0, 0.1) is 5.92 Å². The lowest BCUT2D eigenvalue weighted by atomic mass is 10.1. The Labute approximate surface area is 223 Å². The summed E-state index contributed by atoms with van der Waals surface area (Å²) < 4.78 is 11.1. The number of imidazole rings is 1. The average Bonchev–Trinajstić information content (AvgIpc) is 3.64. The van der Waals surface area contributed by atoms with Gasteiger partial charge >= 0.3 is 5.69 Å². The maximum absolute atomic E-state index is 13.6. The molecule has 6 rings (SSSR count). The van der Waals surface area contributed by atoms with Crippen LogP contribution >= 0.6 is 0 Å². The van der Waals surface area contributed by atoms with Crippen LogP contribution in [0.4, 0.5) is 0 Å². The van der Waals surface area contributed by atoms with Gasteiger partial charge in [0.05, 0.1) is 36.7 Å². The second-order valence-corrected chi connectivity index (χ2v) is 9.92. The molecule has 39 heavy (non-hydrogen) atoms. The minimum absolute atomic E-state index is 0.0569. The van der Waals surface area contributed by atoms with E-state index in [2.05, 4.69) is 29.8 Å². The van der Waals surface area contributed by atoms with Crippen molar-refractivity contribution in [2.75, 3.05) is 46.5 Å². The summed E-state index contributed by atoms with van der Waals surface area (Å²) in [6.45, 7) is 3.96. The summed E-state index contributed by atoms with van der Waals surface area (Å²) in [5.74, 6) is 1.06. The van der Waals surface area contributed by atoms with E-state index in [9.17, 15) is 14.4 Å². The van der Waals surface area contributed by atoms with Gasteiger partial charge in [0.1, 0.15) is 17.6 Å². The molecular formula is C27H29N7O5. The van der Waals surface area contributed by atoms with E-state index >= 15 is 0 Å². The van der Waals surface area contributed by atoms with Gasteiger partial charge in [-0.3, -0.25) is 19.5 Å². The van der Waals surface area contributed by atoms with Crippen LogP contribution in [0.5, 0.6) is 5.88 Å². The van der Waals surface area contributed by atoms with E-state index < -0.39 is 23.2 Å². The van der Waals surface area contributed by atoms with Crippen LogP contribution in [0.25, 0.3) is 22.2 Å². The van der Waals surface area contributed by atoms with Gasteiger partial charge in [-0.15, -0.1) is 0 Å². The van der Waals surface area contributed by atoms with E-state index in [1.165, 1.54) is 0 Å². The Hall–Kier alpha value is -4.29. The zero-order valence-corrected chi connectivity index (χ0v) is 21.5. The Kier molecular flexibility index (Phi) is 6.71. The standard InChI is InChI=1S/C27H29N7O5/c1-38-25-18(10-17-4-2-3-5-19(17)30-25)21-12-28-24(29-21)22-14-33(13-16-6-9-39-15-16)7-8-34(22)26(36)20-11-23(35)32-27(37)31-20/h2-5,10-12,16,22H,6-9,13-15H2,1H3,(H,28,29)(H2,31,32,35,37). The van der Waals surface area contributed by atoms with Gasteiger partial charge in [0.25, 0.3) is 11.5 Å². The summed E-state index contributed by atoms with van der Waals surface area (Å²) in [6, 6.07) is 10.5. The third kappa shape index (κ3) is 5.08. The zero-order valence-electron chi connectivity index (χ0n) is 21.5. The average molecular weight is 532 g/mol. The second-order valence-electron chi connectivity index (χ2n) is 9.92. The SMILES string of the molecule is COc1nc2ccccc2cc1-c1cnc(C2CN(CC3CCOC3)CCN2C(=O)c2cc(=O)[nH]c(=O)[nH]2)[nH]1. The lowest BCUT2D eigenvalue weighted by Crippen LogP contribution is -2.52. The van der Waals surface area contributed by atoms with Crippen molar-refractivity contribution in [1.82, 2.24) is 34.7 Å². The van der Waals surface area contributed by atoms with E-state index in [-0.39, 0.29) is 5.69 Å². The number of hydrogen-bond acceptors (Lipinski definition) is 8. The van der Waals surface area contributed by atoms with Crippen molar-refractivity contribution in [3.05, 3.63) is 75.0 Å². The van der Waals surface area contributed by atoms with Crippen molar-refractivity contribution < 1.29 is 14.3 Å². The number of amides is 1. The van der Waals surface area contributed by atoms with E-state index in [0.717, 1.165) is 48.7 Å². The van der Waals surface area contributed by atoms with Crippen LogP contribution in [0.3, 0.4) is 0 Å². The van der Waals surface area contributed by atoms with Crippen molar-refractivity contribution in [3.63, 3.8) is 0 Å². The molecule has 2 aliphatic rings. The molecule has 2 fully saturated rings. The summed E-state index contributed by atoms with van der Waals surface area (Å²) in [5, 5.41) is 0.960. The number of aromatic nitrogens is 5. The van der Waals surface area contributed by atoms with Crippen LogP contribution < -0.4 is 16.0 Å². The first-order chi connectivity index (χ1) is 19.0. The van der Waals surface area contributed by atoms with Gasteiger partial charge in [0.2, 0.25) is 5.88 Å². The van der Waals surface area contributed by atoms with E-state index in [4.69, 9.17) is 9.47 Å². The van der Waals surface area contributed by atoms with Gasteiger partial charge in [-0.1, -0.05) is 18.2 Å². The number of aromatic amines is 3. The van der Waals surface area contributed by atoms with Gasteiger partial charge < -0.3 is 24.3 Å². The number of nitrogens with one attached hydrogen (secondary N) is 3. The van der Waals surface area contributed by atoms with Gasteiger partial charge in [0.15, 0.2) is 0 Å². The number of rotatable bonds is 6. The topological polar surface area (TPSA) is 149 Å². The lowest BCUT2D eigenvalue weighted by Gasteiger charge is -2.41. The second kappa shape index (κ2) is 10.5. The molecule has 12 nitrogen and oxygen atoms in total. The molecule has 3 aromatic heterocycles. The Morgan fingerprint density at radius 3 is 2.82 bits per heavy atom. The molecule has 1 amide bonds. The maximum Gasteiger partial charge on any atom is 0.326 e. The van der Waals surface area contributed by atoms with Gasteiger partial charge in [-0.25, -0.2) is 14.8 Å². The molecule has 2 unspecified atom stereocenters. The fourth-order valence-corrected chi connectivity index (χ4v) is 5.40. The third-order valence-electron chi connectivity index (χ3n) is 7.34. The smallest absolute Gasteiger partial charge is 0.326 e. The number of ether oxygens (including phenoxy) is 2. The van der Waals surface area contributed by atoms with E-state index in [1.54, 1.807) is 18.2 Å². The van der Waals surface area contributed by atoms with Gasteiger partial charge in [0, 0.05) is 44.2 Å². The Bertz CT molecular complexity index is 1590. The fraction of sp³-hybridized carbons (Fsp3) is 0.370. The number of nitrogens with zero attached hydrogens (tertiary/aromatic N) is 4. The molecular weight excluding hydrogens is 502 g/mol. The van der Waals surface area contributed by atoms with Gasteiger partial charge in [-0.2, -0.15) is 0 Å². The predicted molar refractivity (Wildman–Crippen MR) is 143 cm³/mol. The number of carbonyl (C=O) groups is 1. The molecule has 2 atom stereocenters. The summed E-state index contributed by atoms with van der Waals surface area (Å²) in [7, 11) is 1.58. The molecule has 12 heteroatoms. The van der Waals surface area contributed by atoms with Crippen LogP contribution in [-0.4, -0.2) is 87.1 Å². The number of piperazine rings is 1. The molecule has 0 aliphatic carbocycles. The first kappa shape index (κ1) is 25.0. The minimum atomic E-state index is -0.724. The summed E-state index contributed by atoms with van der Waals surface area (Å²) in [5.41, 5.74) is 0.868. The largest absolute Gasteiger partial charge is 0.480 e. The Balaban J connectivity index is 1.35. The minimum Gasteiger partial charge on any atom is -0.480 e. The Morgan fingerprint density at radius 2 is 2.03 bits per heavy atom. The molecule has 3 N–H and O–H groups in total. The summed E-state index contributed by atoms with van der Waals surface area (Å²) in [4.78, 5) is 58.6. The monoisotopic (exact) mass is 531 g/mol. The number of H-pyrrole nitrogens is 3. The molecule has 4 aromatic rings. The number of benzene rings is 1. The zero-order chi connectivity index (χ0) is 26.9. The summed E-state index contributed by atoms with van der Waals surface area (Å²) >= 11 is 0. The third-order valence-corrected chi connectivity index (χ3v) is 7.34. The number of carbonyl (C=O) groups excluding carboxylic acids is 1. The normalized spacial score (nSPS) is 20.0. The van der Waals surface area contributed by atoms with Crippen molar-refractivity contribution in [2.24, 2.45) is 5.92 Å². The number of fused-ring (bicyclic) bond motifs is 1. The Morgan fingerprint density at radius 1 is 1.15 bits per heavy atom. The van der Waals surface area contributed by atoms with Crippen LogP contribution in [0.1, 0.15) is 28.8 Å². The highest BCUT2D eigenvalue weighted by Crippen LogP contribution is 2.33. The van der Waals surface area contributed by atoms with Crippen molar-refractivity contribution in [2.45, 2.75) is 12.5 Å². The maximum atomic E-state index is 13.6.